The lowest BCUT2D eigenvalue weighted by Crippen LogP contribution is -2.44. The number of rotatable bonds is 1. The van der Waals surface area contributed by atoms with Crippen molar-refractivity contribution in [2.45, 2.75) is 31.3 Å². The standard InChI is InChI=1S/C16H13Cl2FN4O/c17-11-6-14(21-7-12(11)18)22-16(24)23-8-1-2-13(23)9-3-4-20-15(19)10(9)5-8/h3-4,6-8,13H,1-2,5H2,(H,21,22,24). The maximum Gasteiger partial charge on any atom is 0.323 e. The largest absolute Gasteiger partial charge is 0.323 e. The van der Waals surface area contributed by atoms with Gasteiger partial charge in [0.15, 0.2) is 0 Å². The molecule has 2 aliphatic rings. The number of hydrogen-bond donors (Lipinski definition) is 1. The lowest BCUT2D eigenvalue weighted by molar-refractivity contribution is 0.178. The number of aromatic nitrogens is 2. The van der Waals surface area contributed by atoms with Crippen molar-refractivity contribution < 1.29 is 9.18 Å². The molecule has 0 saturated carbocycles. The number of nitrogens with one attached hydrogen (secondary N) is 1. The third-order valence-corrected chi connectivity index (χ3v) is 5.33. The highest BCUT2D eigenvalue weighted by molar-refractivity contribution is 6.42. The number of carbonyl (C=O) groups excluding carboxylic acids is 1. The van der Waals surface area contributed by atoms with Gasteiger partial charge in [0, 0.05) is 30.1 Å². The van der Waals surface area contributed by atoms with Crippen molar-refractivity contribution in [1.82, 2.24) is 14.9 Å². The second-order valence-electron chi connectivity index (χ2n) is 5.94. The first kappa shape index (κ1) is 15.6. The zero-order valence-corrected chi connectivity index (χ0v) is 14.0. The number of fused-ring (bicyclic) bond motifs is 4. The van der Waals surface area contributed by atoms with Crippen LogP contribution in [0.2, 0.25) is 10.0 Å². The molecule has 2 atom stereocenters. The van der Waals surface area contributed by atoms with Crippen LogP contribution in [0.5, 0.6) is 0 Å². The fourth-order valence-corrected chi connectivity index (χ4v) is 3.84. The predicted octanol–water partition coefficient (Wildman–Crippen LogP) is 4.22. The van der Waals surface area contributed by atoms with Gasteiger partial charge >= 0.3 is 6.03 Å². The molecule has 8 heteroatoms. The Kier molecular flexibility index (Phi) is 3.81. The molecule has 2 amide bonds. The van der Waals surface area contributed by atoms with Gasteiger partial charge in [0.1, 0.15) is 5.82 Å². The summed E-state index contributed by atoms with van der Waals surface area (Å²) < 4.78 is 13.9. The van der Waals surface area contributed by atoms with Gasteiger partial charge in [-0.05, 0) is 30.9 Å². The number of hydrogen-bond acceptors (Lipinski definition) is 3. The molecular formula is C16H13Cl2FN4O. The van der Waals surface area contributed by atoms with Gasteiger partial charge in [-0.15, -0.1) is 0 Å². The number of amides is 2. The van der Waals surface area contributed by atoms with E-state index in [1.165, 1.54) is 18.5 Å². The summed E-state index contributed by atoms with van der Waals surface area (Å²) in [5, 5.41) is 3.39. The predicted molar refractivity (Wildman–Crippen MR) is 88.8 cm³/mol. The monoisotopic (exact) mass is 366 g/mol. The van der Waals surface area contributed by atoms with Crippen LogP contribution in [0.15, 0.2) is 24.5 Å². The maximum atomic E-state index is 13.9. The summed E-state index contributed by atoms with van der Waals surface area (Å²) in [5.41, 5.74) is 1.47. The highest BCUT2D eigenvalue weighted by atomic mass is 35.5. The van der Waals surface area contributed by atoms with Gasteiger partial charge in [0.25, 0.3) is 0 Å². The van der Waals surface area contributed by atoms with Crippen LogP contribution in [0.3, 0.4) is 0 Å². The Morgan fingerprint density at radius 2 is 2.12 bits per heavy atom. The van der Waals surface area contributed by atoms with Gasteiger partial charge in [-0.25, -0.2) is 14.8 Å². The number of urea groups is 1. The maximum absolute atomic E-state index is 13.9. The molecule has 4 heterocycles. The molecule has 24 heavy (non-hydrogen) atoms. The SMILES string of the molecule is O=C(Nc1cc(Cl)c(Cl)cn1)N1C2CCC1c1ccnc(F)c1C2. The molecule has 0 aliphatic carbocycles. The number of halogens is 3. The number of carbonyl (C=O) groups is 1. The first-order valence-electron chi connectivity index (χ1n) is 7.58. The molecule has 5 nitrogen and oxygen atoms in total. The Morgan fingerprint density at radius 3 is 2.92 bits per heavy atom. The van der Waals surface area contributed by atoms with Crippen LogP contribution in [0.4, 0.5) is 15.0 Å². The van der Waals surface area contributed by atoms with Crippen molar-refractivity contribution in [3.05, 3.63) is 51.6 Å². The zero-order chi connectivity index (χ0) is 16.8. The van der Waals surface area contributed by atoms with Crippen LogP contribution in [-0.4, -0.2) is 26.9 Å². The lowest BCUT2D eigenvalue weighted by atomic mass is 9.95. The lowest BCUT2D eigenvalue weighted by Gasteiger charge is -2.36. The van der Waals surface area contributed by atoms with Crippen molar-refractivity contribution in [2.75, 3.05) is 5.32 Å². The van der Waals surface area contributed by atoms with Crippen LogP contribution in [0.25, 0.3) is 0 Å². The highest BCUT2D eigenvalue weighted by Crippen LogP contribution is 2.44. The molecule has 0 radical (unpaired) electrons. The van der Waals surface area contributed by atoms with E-state index >= 15 is 0 Å². The van der Waals surface area contributed by atoms with E-state index in [1.807, 2.05) is 0 Å². The van der Waals surface area contributed by atoms with Crippen LogP contribution in [-0.2, 0) is 6.42 Å². The molecule has 1 saturated heterocycles. The highest BCUT2D eigenvalue weighted by Gasteiger charge is 2.43. The van der Waals surface area contributed by atoms with Crippen LogP contribution in [0.1, 0.15) is 30.0 Å². The van der Waals surface area contributed by atoms with Crippen LogP contribution < -0.4 is 5.32 Å². The molecule has 0 spiro atoms. The zero-order valence-electron chi connectivity index (χ0n) is 12.5. The van der Waals surface area contributed by atoms with E-state index in [0.717, 1.165) is 18.4 Å². The minimum Gasteiger partial charge on any atom is -0.314 e. The molecule has 2 aromatic heterocycles. The second kappa shape index (κ2) is 5.86. The van der Waals surface area contributed by atoms with Crippen LogP contribution >= 0.6 is 23.2 Å². The number of anilines is 1. The fraction of sp³-hybridized carbons (Fsp3) is 0.312. The second-order valence-corrected chi connectivity index (χ2v) is 6.76. The molecule has 124 valence electrons. The smallest absolute Gasteiger partial charge is 0.314 e. The molecule has 2 aromatic rings. The van der Waals surface area contributed by atoms with Crippen molar-refractivity contribution >= 4 is 35.1 Å². The third-order valence-electron chi connectivity index (χ3n) is 4.62. The molecular weight excluding hydrogens is 354 g/mol. The van der Waals surface area contributed by atoms with Gasteiger partial charge in [0.2, 0.25) is 5.95 Å². The van der Waals surface area contributed by atoms with Crippen molar-refractivity contribution in [2.24, 2.45) is 0 Å². The molecule has 1 fully saturated rings. The summed E-state index contributed by atoms with van der Waals surface area (Å²) in [6, 6.07) is 2.85. The minimum atomic E-state index is -0.435. The summed E-state index contributed by atoms with van der Waals surface area (Å²) >= 11 is 11.8. The van der Waals surface area contributed by atoms with E-state index in [4.69, 9.17) is 23.2 Å². The Labute approximate surface area is 147 Å². The first-order chi connectivity index (χ1) is 11.5. The summed E-state index contributed by atoms with van der Waals surface area (Å²) in [6.45, 7) is 0. The summed E-state index contributed by atoms with van der Waals surface area (Å²) in [5.74, 6) is -0.101. The summed E-state index contributed by atoms with van der Waals surface area (Å²) in [4.78, 5) is 22.3. The van der Waals surface area contributed by atoms with Gasteiger partial charge in [-0.1, -0.05) is 23.2 Å². The Bertz CT molecular complexity index is 832. The van der Waals surface area contributed by atoms with E-state index in [1.54, 1.807) is 11.0 Å². The normalized spacial score (nSPS) is 21.5. The Balaban J connectivity index is 1.61. The van der Waals surface area contributed by atoms with E-state index in [9.17, 15) is 9.18 Å². The van der Waals surface area contributed by atoms with Crippen LogP contribution in [0, 0.1) is 5.95 Å². The minimum absolute atomic E-state index is 0.0380. The van der Waals surface area contributed by atoms with E-state index in [2.05, 4.69) is 15.3 Å². The van der Waals surface area contributed by atoms with Crippen molar-refractivity contribution in [1.29, 1.82) is 0 Å². The molecule has 1 N–H and O–H groups in total. The Morgan fingerprint density at radius 1 is 1.29 bits per heavy atom. The van der Waals surface area contributed by atoms with Gasteiger partial charge in [-0.2, -0.15) is 4.39 Å². The summed E-state index contributed by atoms with van der Waals surface area (Å²) in [7, 11) is 0. The van der Waals surface area contributed by atoms with E-state index < -0.39 is 5.95 Å². The molecule has 2 unspecified atom stereocenters. The van der Waals surface area contributed by atoms with Crippen molar-refractivity contribution in [3.8, 4) is 0 Å². The molecule has 0 aromatic carbocycles. The molecule has 4 rings (SSSR count). The molecule has 2 bridgehead atoms. The van der Waals surface area contributed by atoms with Gasteiger partial charge in [0.05, 0.1) is 16.1 Å². The third kappa shape index (κ3) is 2.50. The number of pyridine rings is 2. The molecule has 2 aliphatic heterocycles. The quantitative estimate of drug-likeness (QED) is 0.768. The van der Waals surface area contributed by atoms with Gasteiger partial charge < -0.3 is 4.90 Å². The fourth-order valence-electron chi connectivity index (χ4n) is 3.58. The van der Waals surface area contributed by atoms with E-state index in [-0.39, 0.29) is 18.1 Å². The van der Waals surface area contributed by atoms with E-state index in [0.29, 0.717) is 27.8 Å². The number of nitrogens with zero attached hydrogens (tertiary/aromatic N) is 3. The average Bonchev–Trinajstić information content (AvgIpc) is 2.87. The first-order valence-corrected chi connectivity index (χ1v) is 8.34. The van der Waals surface area contributed by atoms with Crippen molar-refractivity contribution in [3.63, 3.8) is 0 Å². The summed E-state index contributed by atoms with van der Waals surface area (Å²) in [6.07, 6.45) is 4.96. The van der Waals surface area contributed by atoms with Gasteiger partial charge in [-0.3, -0.25) is 5.32 Å². The topological polar surface area (TPSA) is 58.1 Å². The average molecular weight is 367 g/mol. The Hall–Kier alpha value is -1.92.